The van der Waals surface area contributed by atoms with E-state index >= 15 is 0 Å². The van der Waals surface area contributed by atoms with Crippen LogP contribution in [0.25, 0.3) is 0 Å². The largest absolute Gasteiger partial charge is 0.396 e. The number of hydrogen-bond donors (Lipinski definition) is 1. The Bertz CT molecular complexity index is 225. The van der Waals surface area contributed by atoms with E-state index in [1.54, 1.807) is 0 Å². The summed E-state index contributed by atoms with van der Waals surface area (Å²) in [5, 5.41) is 9.03. The van der Waals surface area contributed by atoms with Gasteiger partial charge in [-0.25, -0.2) is 0 Å². The van der Waals surface area contributed by atoms with Gasteiger partial charge in [-0.2, -0.15) is 0 Å². The maximum Gasteiger partial charge on any atom is 0.139 e. The predicted octanol–water partition coefficient (Wildman–Crippen LogP) is 1.70. The maximum atomic E-state index is 11.8. The lowest BCUT2D eigenvalue weighted by atomic mass is 9.88. The van der Waals surface area contributed by atoms with Gasteiger partial charge >= 0.3 is 0 Å². The van der Waals surface area contributed by atoms with Crippen molar-refractivity contribution in [3.05, 3.63) is 0 Å². The second kappa shape index (κ2) is 5.78. The van der Waals surface area contributed by atoms with Gasteiger partial charge in [0.25, 0.3) is 0 Å². The number of hydrogen-bond acceptors (Lipinski definition) is 3. The molecular weight excluding hydrogens is 202 g/mol. The summed E-state index contributed by atoms with van der Waals surface area (Å²) in [7, 11) is 0. The highest BCUT2D eigenvalue weighted by Gasteiger charge is 2.23. The number of carbonyl (C=O) groups excluding carboxylic acids is 1. The summed E-state index contributed by atoms with van der Waals surface area (Å²) in [5.41, 5.74) is -0.205. The molecule has 0 aliphatic carbocycles. The molecule has 0 aromatic rings. The Morgan fingerprint density at radius 2 is 1.88 bits per heavy atom. The molecule has 1 heterocycles. The summed E-state index contributed by atoms with van der Waals surface area (Å²) >= 11 is 0. The third kappa shape index (κ3) is 4.22. The molecule has 0 unspecified atom stereocenters. The number of ketones is 1. The van der Waals surface area contributed by atoms with Crippen LogP contribution in [-0.2, 0) is 4.79 Å². The van der Waals surface area contributed by atoms with Gasteiger partial charge in [-0.3, -0.25) is 4.79 Å². The zero-order valence-corrected chi connectivity index (χ0v) is 10.8. The topological polar surface area (TPSA) is 40.5 Å². The average molecular weight is 227 g/mol. The highest BCUT2D eigenvalue weighted by atomic mass is 16.3. The Morgan fingerprint density at radius 3 is 2.31 bits per heavy atom. The van der Waals surface area contributed by atoms with Gasteiger partial charge in [-0.15, -0.1) is 0 Å². The number of Topliss-reactive ketones (excluding diaryl/α,β-unsaturated/α-hetero) is 1. The van der Waals surface area contributed by atoms with Crippen molar-refractivity contribution < 1.29 is 9.90 Å². The van der Waals surface area contributed by atoms with Crippen molar-refractivity contribution in [3.8, 4) is 0 Å². The first-order valence-electron chi connectivity index (χ1n) is 6.30. The van der Waals surface area contributed by atoms with Gasteiger partial charge in [0.1, 0.15) is 5.78 Å². The fourth-order valence-corrected chi connectivity index (χ4v) is 2.03. The van der Waals surface area contributed by atoms with Crippen LogP contribution in [0.4, 0.5) is 0 Å². The maximum absolute atomic E-state index is 11.8. The monoisotopic (exact) mass is 227 g/mol. The Hall–Kier alpha value is -0.410. The van der Waals surface area contributed by atoms with Crippen LogP contribution in [0.3, 0.4) is 0 Å². The SMILES string of the molecule is CC(C)(C)C(=O)CCN1CCC(CO)CC1. The molecule has 1 saturated heterocycles. The summed E-state index contributed by atoms with van der Waals surface area (Å²) in [5.74, 6) is 0.825. The minimum absolute atomic E-state index is 0.205. The van der Waals surface area contributed by atoms with E-state index in [9.17, 15) is 4.79 Å². The van der Waals surface area contributed by atoms with Gasteiger partial charge in [0.2, 0.25) is 0 Å². The highest BCUT2D eigenvalue weighted by molar-refractivity contribution is 5.83. The molecule has 1 fully saturated rings. The summed E-state index contributed by atoms with van der Waals surface area (Å²) in [6.07, 6.45) is 2.80. The quantitative estimate of drug-likeness (QED) is 0.794. The molecule has 0 spiro atoms. The molecule has 3 nitrogen and oxygen atoms in total. The molecule has 16 heavy (non-hydrogen) atoms. The summed E-state index contributed by atoms with van der Waals surface area (Å²) in [6.45, 7) is 9.20. The van der Waals surface area contributed by atoms with Crippen molar-refractivity contribution in [2.45, 2.75) is 40.0 Å². The molecular formula is C13H25NO2. The van der Waals surface area contributed by atoms with E-state index in [0.717, 1.165) is 32.5 Å². The first kappa shape index (κ1) is 13.7. The van der Waals surface area contributed by atoms with Gasteiger partial charge in [0, 0.05) is 25.0 Å². The van der Waals surface area contributed by atoms with Crippen LogP contribution in [-0.4, -0.2) is 42.0 Å². The molecule has 1 rings (SSSR count). The van der Waals surface area contributed by atoms with Crippen molar-refractivity contribution in [1.82, 2.24) is 4.90 Å². The predicted molar refractivity (Wildman–Crippen MR) is 65.3 cm³/mol. The Morgan fingerprint density at radius 1 is 1.31 bits per heavy atom. The average Bonchev–Trinajstić information content (AvgIpc) is 2.25. The summed E-state index contributed by atoms with van der Waals surface area (Å²) in [4.78, 5) is 14.1. The van der Waals surface area contributed by atoms with Crippen LogP contribution in [0.5, 0.6) is 0 Å². The second-order valence-corrected chi connectivity index (χ2v) is 5.89. The number of aliphatic hydroxyl groups is 1. The van der Waals surface area contributed by atoms with Crippen LogP contribution in [0.1, 0.15) is 40.0 Å². The van der Waals surface area contributed by atoms with Crippen LogP contribution < -0.4 is 0 Å². The molecule has 0 atom stereocenters. The lowest BCUT2D eigenvalue weighted by molar-refractivity contribution is -0.126. The fourth-order valence-electron chi connectivity index (χ4n) is 2.03. The summed E-state index contributed by atoms with van der Waals surface area (Å²) < 4.78 is 0. The molecule has 1 N–H and O–H groups in total. The van der Waals surface area contributed by atoms with Gasteiger partial charge in [0.15, 0.2) is 0 Å². The minimum atomic E-state index is -0.205. The van der Waals surface area contributed by atoms with E-state index in [-0.39, 0.29) is 5.41 Å². The van der Waals surface area contributed by atoms with E-state index in [1.165, 1.54) is 0 Å². The number of carbonyl (C=O) groups is 1. The smallest absolute Gasteiger partial charge is 0.139 e. The Balaban J connectivity index is 2.22. The Labute approximate surface area is 98.8 Å². The normalized spacial score (nSPS) is 20.0. The molecule has 0 aromatic carbocycles. The van der Waals surface area contributed by atoms with Crippen molar-refractivity contribution in [2.24, 2.45) is 11.3 Å². The van der Waals surface area contributed by atoms with Gasteiger partial charge in [-0.05, 0) is 31.8 Å². The number of piperidine rings is 1. The van der Waals surface area contributed by atoms with E-state index in [1.807, 2.05) is 20.8 Å². The highest BCUT2D eigenvalue weighted by Crippen LogP contribution is 2.19. The first-order chi connectivity index (χ1) is 7.43. The standard InChI is InChI=1S/C13H25NO2/c1-13(2,3)12(16)6-9-14-7-4-11(10-15)5-8-14/h11,15H,4-10H2,1-3H3. The molecule has 0 aromatic heterocycles. The van der Waals surface area contributed by atoms with Crippen LogP contribution in [0.15, 0.2) is 0 Å². The van der Waals surface area contributed by atoms with Crippen molar-refractivity contribution in [1.29, 1.82) is 0 Å². The molecule has 1 aliphatic heterocycles. The summed E-state index contributed by atoms with van der Waals surface area (Å²) in [6, 6.07) is 0. The number of aliphatic hydroxyl groups excluding tert-OH is 1. The van der Waals surface area contributed by atoms with Crippen LogP contribution in [0.2, 0.25) is 0 Å². The first-order valence-corrected chi connectivity index (χ1v) is 6.30. The third-order valence-electron chi connectivity index (χ3n) is 3.46. The number of likely N-dealkylation sites (tertiary alicyclic amines) is 1. The zero-order chi connectivity index (χ0) is 12.2. The van der Waals surface area contributed by atoms with Gasteiger partial charge in [-0.1, -0.05) is 20.8 Å². The molecule has 0 amide bonds. The van der Waals surface area contributed by atoms with Gasteiger partial charge in [0.05, 0.1) is 0 Å². The molecule has 0 saturated carbocycles. The van der Waals surface area contributed by atoms with E-state index in [4.69, 9.17) is 5.11 Å². The van der Waals surface area contributed by atoms with Crippen LogP contribution >= 0.6 is 0 Å². The third-order valence-corrected chi connectivity index (χ3v) is 3.46. The lowest BCUT2D eigenvalue weighted by Crippen LogP contribution is -2.37. The minimum Gasteiger partial charge on any atom is -0.396 e. The second-order valence-electron chi connectivity index (χ2n) is 5.89. The van der Waals surface area contributed by atoms with Crippen LogP contribution in [0, 0.1) is 11.3 Å². The van der Waals surface area contributed by atoms with E-state index in [0.29, 0.717) is 24.7 Å². The molecule has 3 heteroatoms. The number of nitrogens with zero attached hydrogens (tertiary/aromatic N) is 1. The van der Waals surface area contributed by atoms with Crippen molar-refractivity contribution in [2.75, 3.05) is 26.2 Å². The van der Waals surface area contributed by atoms with E-state index in [2.05, 4.69) is 4.90 Å². The molecule has 0 radical (unpaired) electrons. The zero-order valence-electron chi connectivity index (χ0n) is 10.8. The van der Waals surface area contributed by atoms with Gasteiger partial charge < -0.3 is 10.0 Å². The molecule has 1 aliphatic rings. The lowest BCUT2D eigenvalue weighted by Gasteiger charge is -2.31. The van der Waals surface area contributed by atoms with Crippen molar-refractivity contribution >= 4 is 5.78 Å². The van der Waals surface area contributed by atoms with Crippen molar-refractivity contribution in [3.63, 3.8) is 0 Å². The molecule has 94 valence electrons. The fraction of sp³-hybridized carbons (Fsp3) is 0.923. The molecule has 0 bridgehead atoms. The Kier molecular flexibility index (Phi) is 4.93. The van der Waals surface area contributed by atoms with E-state index < -0.39 is 0 Å². The number of rotatable bonds is 4.